The van der Waals surface area contributed by atoms with Crippen LogP contribution in [0.5, 0.6) is 0 Å². The van der Waals surface area contributed by atoms with E-state index in [0.717, 1.165) is 43.3 Å². The van der Waals surface area contributed by atoms with Crippen molar-refractivity contribution in [2.75, 3.05) is 13.1 Å². The summed E-state index contributed by atoms with van der Waals surface area (Å²) in [4.78, 5) is 2.29. The second-order valence-electron chi connectivity index (χ2n) is 6.84. The third-order valence-electron chi connectivity index (χ3n) is 5.13. The molecule has 0 bridgehead atoms. The first-order valence-electron chi connectivity index (χ1n) is 8.14. The summed E-state index contributed by atoms with van der Waals surface area (Å²) in [5, 5.41) is 20.0. The van der Waals surface area contributed by atoms with Gasteiger partial charge in [0.15, 0.2) is 5.82 Å². The van der Waals surface area contributed by atoms with Crippen LogP contribution in [0.3, 0.4) is 0 Å². The lowest BCUT2D eigenvalue weighted by atomic mass is 9.97. The van der Waals surface area contributed by atoms with Crippen molar-refractivity contribution >= 4 is 11.6 Å². The molecule has 1 saturated heterocycles. The van der Waals surface area contributed by atoms with Gasteiger partial charge in [0.2, 0.25) is 0 Å². The number of halogens is 1. The highest BCUT2D eigenvalue weighted by Crippen LogP contribution is 2.44. The first kappa shape index (κ1) is 15.1. The molecule has 1 aromatic heterocycles. The van der Waals surface area contributed by atoms with Crippen molar-refractivity contribution < 1.29 is 5.11 Å². The van der Waals surface area contributed by atoms with Gasteiger partial charge in [0.25, 0.3) is 0 Å². The first-order valence-corrected chi connectivity index (χ1v) is 8.52. The van der Waals surface area contributed by atoms with E-state index in [0.29, 0.717) is 10.9 Å². The van der Waals surface area contributed by atoms with E-state index in [1.807, 2.05) is 35.9 Å². The standard InChI is InChI=1S/C17H21ClN4O/c1-21-15(10-22-9-8-17(23,11-22)13-4-5-13)19-20-16(21)12-2-6-14(18)7-3-12/h2-3,6-7,13,23H,4-5,8-11H2,1H3. The van der Waals surface area contributed by atoms with E-state index in [9.17, 15) is 5.11 Å². The maximum absolute atomic E-state index is 10.7. The predicted octanol–water partition coefficient (Wildman–Crippen LogP) is 2.48. The second-order valence-corrected chi connectivity index (χ2v) is 7.28. The molecule has 1 unspecified atom stereocenters. The summed E-state index contributed by atoms with van der Waals surface area (Å²) in [5.41, 5.74) is 0.531. The van der Waals surface area contributed by atoms with E-state index in [2.05, 4.69) is 15.1 Å². The van der Waals surface area contributed by atoms with Crippen LogP contribution in [0, 0.1) is 5.92 Å². The van der Waals surface area contributed by atoms with Crippen LogP contribution in [0.15, 0.2) is 24.3 Å². The van der Waals surface area contributed by atoms with E-state index in [-0.39, 0.29) is 0 Å². The number of nitrogens with zero attached hydrogens (tertiary/aromatic N) is 4. The molecular weight excluding hydrogens is 312 g/mol. The molecule has 2 fully saturated rings. The van der Waals surface area contributed by atoms with Gasteiger partial charge in [-0.3, -0.25) is 4.90 Å². The maximum Gasteiger partial charge on any atom is 0.163 e. The van der Waals surface area contributed by atoms with Crippen LogP contribution in [0.25, 0.3) is 11.4 Å². The molecule has 0 amide bonds. The average molecular weight is 333 g/mol. The van der Waals surface area contributed by atoms with E-state index in [1.54, 1.807) is 0 Å². The van der Waals surface area contributed by atoms with E-state index in [1.165, 1.54) is 12.8 Å². The summed E-state index contributed by atoms with van der Waals surface area (Å²) in [7, 11) is 1.99. The molecule has 1 saturated carbocycles. The number of hydrogen-bond acceptors (Lipinski definition) is 4. The molecule has 2 aromatic rings. The number of hydrogen-bond donors (Lipinski definition) is 1. The Hall–Kier alpha value is -1.43. The highest BCUT2D eigenvalue weighted by atomic mass is 35.5. The summed E-state index contributed by atoms with van der Waals surface area (Å²) in [6, 6.07) is 7.64. The summed E-state index contributed by atoms with van der Waals surface area (Å²) in [6.45, 7) is 2.41. The summed E-state index contributed by atoms with van der Waals surface area (Å²) in [6.07, 6.45) is 3.23. The minimum Gasteiger partial charge on any atom is -0.388 e. The summed E-state index contributed by atoms with van der Waals surface area (Å²) in [5.74, 6) is 2.28. The van der Waals surface area contributed by atoms with Crippen molar-refractivity contribution in [2.45, 2.75) is 31.4 Å². The largest absolute Gasteiger partial charge is 0.388 e. The van der Waals surface area contributed by atoms with Crippen LogP contribution in [0.2, 0.25) is 5.02 Å². The fourth-order valence-electron chi connectivity index (χ4n) is 3.54. The molecule has 2 aliphatic rings. The molecule has 0 spiro atoms. The zero-order valence-corrected chi connectivity index (χ0v) is 14.0. The first-order chi connectivity index (χ1) is 11.0. The van der Waals surface area contributed by atoms with Crippen LogP contribution < -0.4 is 0 Å². The van der Waals surface area contributed by atoms with Crippen molar-refractivity contribution in [1.29, 1.82) is 0 Å². The smallest absolute Gasteiger partial charge is 0.163 e. The molecule has 1 aliphatic heterocycles. The predicted molar refractivity (Wildman–Crippen MR) is 89.0 cm³/mol. The van der Waals surface area contributed by atoms with Gasteiger partial charge in [0.1, 0.15) is 5.82 Å². The zero-order chi connectivity index (χ0) is 16.0. The fourth-order valence-corrected chi connectivity index (χ4v) is 3.66. The van der Waals surface area contributed by atoms with Crippen molar-refractivity contribution in [3.63, 3.8) is 0 Å². The third-order valence-corrected chi connectivity index (χ3v) is 5.38. The molecular formula is C17H21ClN4O. The number of likely N-dealkylation sites (tertiary alicyclic amines) is 1. The SMILES string of the molecule is Cn1c(CN2CCC(O)(C3CC3)C2)nnc1-c1ccc(Cl)cc1. The van der Waals surface area contributed by atoms with E-state index < -0.39 is 5.60 Å². The fraction of sp³-hybridized carbons (Fsp3) is 0.529. The number of β-amino-alcohol motifs (C(OH)–C–C–N with tert-alkyl or cyclic N) is 1. The molecule has 0 radical (unpaired) electrons. The lowest BCUT2D eigenvalue weighted by molar-refractivity contribution is 0.0260. The normalized spacial score (nSPS) is 25.2. The van der Waals surface area contributed by atoms with Gasteiger partial charge in [-0.1, -0.05) is 11.6 Å². The number of aliphatic hydroxyl groups is 1. The number of benzene rings is 1. The lowest BCUT2D eigenvalue weighted by Gasteiger charge is -2.22. The van der Waals surface area contributed by atoms with Crippen LogP contribution in [0.4, 0.5) is 0 Å². The van der Waals surface area contributed by atoms with Gasteiger partial charge >= 0.3 is 0 Å². The van der Waals surface area contributed by atoms with E-state index in [4.69, 9.17) is 11.6 Å². The van der Waals surface area contributed by atoms with Gasteiger partial charge in [-0.05, 0) is 49.4 Å². The Bertz CT molecular complexity index is 710. The van der Waals surface area contributed by atoms with Crippen LogP contribution in [-0.2, 0) is 13.6 Å². The highest BCUT2D eigenvalue weighted by Gasteiger charge is 2.47. The molecule has 1 atom stereocenters. The molecule has 1 aliphatic carbocycles. The van der Waals surface area contributed by atoms with Gasteiger partial charge in [-0.15, -0.1) is 10.2 Å². The lowest BCUT2D eigenvalue weighted by Crippen LogP contribution is -2.35. The molecule has 6 heteroatoms. The summed E-state index contributed by atoms with van der Waals surface area (Å²) >= 11 is 5.94. The summed E-state index contributed by atoms with van der Waals surface area (Å²) < 4.78 is 2.03. The second kappa shape index (κ2) is 5.58. The zero-order valence-electron chi connectivity index (χ0n) is 13.2. The maximum atomic E-state index is 10.7. The Morgan fingerprint density at radius 2 is 2.00 bits per heavy atom. The Morgan fingerprint density at radius 3 is 2.70 bits per heavy atom. The Labute approximate surface area is 140 Å². The highest BCUT2D eigenvalue weighted by molar-refractivity contribution is 6.30. The quantitative estimate of drug-likeness (QED) is 0.934. The van der Waals surface area contributed by atoms with Crippen LogP contribution >= 0.6 is 11.6 Å². The van der Waals surface area contributed by atoms with Gasteiger partial charge < -0.3 is 9.67 Å². The number of aromatic nitrogens is 3. The molecule has 2 heterocycles. The monoisotopic (exact) mass is 332 g/mol. The van der Waals surface area contributed by atoms with Gasteiger partial charge in [0, 0.05) is 30.7 Å². The molecule has 23 heavy (non-hydrogen) atoms. The van der Waals surface area contributed by atoms with Crippen molar-refractivity contribution in [2.24, 2.45) is 13.0 Å². The molecule has 1 N–H and O–H groups in total. The van der Waals surface area contributed by atoms with Crippen molar-refractivity contribution in [3.8, 4) is 11.4 Å². The van der Waals surface area contributed by atoms with E-state index >= 15 is 0 Å². The van der Waals surface area contributed by atoms with Crippen LogP contribution in [0.1, 0.15) is 25.1 Å². The number of rotatable bonds is 4. The van der Waals surface area contributed by atoms with Gasteiger partial charge in [-0.25, -0.2) is 0 Å². The Balaban J connectivity index is 1.49. The average Bonchev–Trinajstić information content (AvgIpc) is 3.25. The Morgan fingerprint density at radius 1 is 1.26 bits per heavy atom. The van der Waals surface area contributed by atoms with Crippen molar-refractivity contribution in [1.82, 2.24) is 19.7 Å². The van der Waals surface area contributed by atoms with Gasteiger partial charge in [-0.2, -0.15) is 0 Å². The molecule has 4 rings (SSSR count). The molecule has 5 nitrogen and oxygen atoms in total. The molecule has 1 aromatic carbocycles. The third kappa shape index (κ3) is 2.89. The van der Waals surface area contributed by atoms with Crippen LogP contribution in [-0.4, -0.2) is 43.5 Å². The topological polar surface area (TPSA) is 54.2 Å². The Kier molecular flexibility index (Phi) is 3.67. The minimum absolute atomic E-state index is 0.475. The van der Waals surface area contributed by atoms with Crippen molar-refractivity contribution in [3.05, 3.63) is 35.1 Å². The minimum atomic E-state index is -0.475. The molecule has 122 valence electrons. The van der Waals surface area contributed by atoms with Gasteiger partial charge in [0.05, 0.1) is 12.1 Å².